The van der Waals surface area contributed by atoms with Crippen molar-refractivity contribution in [2.75, 3.05) is 7.05 Å². The molecule has 0 aliphatic rings. The number of carboxylic acids is 1. The van der Waals surface area contributed by atoms with Crippen LogP contribution in [0.2, 0.25) is 0 Å². The average Bonchev–Trinajstić information content (AvgIpc) is 2.28. The Balaban J connectivity index is 2.72. The van der Waals surface area contributed by atoms with Crippen molar-refractivity contribution in [2.45, 2.75) is 17.2 Å². The van der Waals surface area contributed by atoms with Crippen LogP contribution < -0.4 is 5.32 Å². The minimum absolute atomic E-state index is 0.204. The van der Waals surface area contributed by atoms with Crippen LogP contribution in [0.1, 0.15) is 17.4 Å². The summed E-state index contributed by atoms with van der Waals surface area (Å²) in [5.41, 5.74) is 0.204. The fourth-order valence-electron chi connectivity index (χ4n) is 0.864. The minimum atomic E-state index is -0.915. The van der Waals surface area contributed by atoms with Crippen molar-refractivity contribution >= 4 is 23.6 Å². The molecule has 0 radical (unpaired) electrons. The number of carbonyl (C=O) groups excluding carboxylic acids is 1. The zero-order chi connectivity index (χ0) is 12.1. The molecule has 6 nitrogen and oxygen atoms in total. The monoisotopic (exact) mass is 241 g/mol. The second kappa shape index (κ2) is 5.45. The van der Waals surface area contributed by atoms with Crippen LogP contribution in [0, 0.1) is 0 Å². The van der Waals surface area contributed by atoms with Gasteiger partial charge in [0.25, 0.3) is 5.91 Å². The first-order chi connectivity index (χ1) is 7.54. The smallest absolute Gasteiger partial charge is 0.316 e. The Morgan fingerprint density at radius 1 is 1.44 bits per heavy atom. The molecular formula is C9H11N3O3S. The van der Waals surface area contributed by atoms with Gasteiger partial charge in [0.05, 0.1) is 0 Å². The number of thioether (sulfide) groups is 1. The summed E-state index contributed by atoms with van der Waals surface area (Å²) < 4.78 is 0. The molecule has 1 rings (SSSR count). The molecule has 0 aromatic carbocycles. The fraction of sp³-hybridized carbons (Fsp3) is 0.333. The summed E-state index contributed by atoms with van der Waals surface area (Å²) in [6.07, 6.45) is 0. The summed E-state index contributed by atoms with van der Waals surface area (Å²) in [4.78, 5) is 21.7. The van der Waals surface area contributed by atoms with E-state index < -0.39 is 11.2 Å². The van der Waals surface area contributed by atoms with Gasteiger partial charge in [0.1, 0.15) is 10.3 Å². The van der Waals surface area contributed by atoms with Crippen LogP contribution in [-0.2, 0) is 4.79 Å². The van der Waals surface area contributed by atoms with Gasteiger partial charge in [0.15, 0.2) is 5.69 Å². The van der Waals surface area contributed by atoms with Gasteiger partial charge in [-0.25, -0.2) is 0 Å². The Kier molecular flexibility index (Phi) is 4.24. The van der Waals surface area contributed by atoms with Crippen LogP contribution >= 0.6 is 11.8 Å². The Morgan fingerprint density at radius 2 is 2.12 bits per heavy atom. The van der Waals surface area contributed by atoms with Crippen molar-refractivity contribution in [1.29, 1.82) is 0 Å². The van der Waals surface area contributed by atoms with E-state index in [-0.39, 0.29) is 11.6 Å². The molecule has 1 unspecified atom stereocenters. The molecule has 16 heavy (non-hydrogen) atoms. The van der Waals surface area contributed by atoms with Crippen LogP contribution in [-0.4, -0.2) is 39.5 Å². The number of carboxylic acid groups (broad SMARTS) is 1. The van der Waals surface area contributed by atoms with E-state index in [1.807, 2.05) is 0 Å². The second-order valence-corrected chi connectivity index (χ2v) is 4.30. The van der Waals surface area contributed by atoms with E-state index in [0.717, 1.165) is 11.8 Å². The fourth-order valence-corrected chi connectivity index (χ4v) is 1.56. The highest BCUT2D eigenvalue weighted by Gasteiger charge is 2.14. The summed E-state index contributed by atoms with van der Waals surface area (Å²) in [6, 6.07) is 3.07. The van der Waals surface area contributed by atoms with Gasteiger partial charge in [-0.05, 0) is 19.1 Å². The van der Waals surface area contributed by atoms with Gasteiger partial charge < -0.3 is 10.4 Å². The number of hydrogen-bond acceptors (Lipinski definition) is 5. The molecule has 0 bridgehead atoms. The van der Waals surface area contributed by atoms with Crippen LogP contribution in [0.4, 0.5) is 0 Å². The summed E-state index contributed by atoms with van der Waals surface area (Å²) in [7, 11) is 1.50. The highest BCUT2D eigenvalue weighted by Crippen LogP contribution is 2.20. The summed E-state index contributed by atoms with van der Waals surface area (Å²) >= 11 is 1.07. The number of hydrogen-bond donors (Lipinski definition) is 2. The van der Waals surface area contributed by atoms with E-state index in [4.69, 9.17) is 5.11 Å². The lowest BCUT2D eigenvalue weighted by atomic mass is 10.4. The Bertz CT molecular complexity index is 393. The lowest BCUT2D eigenvalue weighted by Crippen LogP contribution is -2.19. The normalized spacial score (nSPS) is 11.9. The van der Waals surface area contributed by atoms with Crippen LogP contribution in [0.5, 0.6) is 0 Å². The van der Waals surface area contributed by atoms with Gasteiger partial charge in [0, 0.05) is 7.05 Å². The largest absolute Gasteiger partial charge is 0.480 e. The second-order valence-electron chi connectivity index (χ2n) is 2.93. The molecule has 1 atom stereocenters. The van der Waals surface area contributed by atoms with Crippen molar-refractivity contribution in [3.63, 3.8) is 0 Å². The lowest BCUT2D eigenvalue weighted by molar-refractivity contribution is -0.136. The first-order valence-electron chi connectivity index (χ1n) is 4.50. The van der Waals surface area contributed by atoms with Gasteiger partial charge in [-0.3, -0.25) is 9.59 Å². The van der Waals surface area contributed by atoms with E-state index >= 15 is 0 Å². The Morgan fingerprint density at radius 3 is 2.56 bits per heavy atom. The van der Waals surface area contributed by atoms with Gasteiger partial charge in [-0.15, -0.1) is 10.2 Å². The van der Waals surface area contributed by atoms with Crippen LogP contribution in [0.3, 0.4) is 0 Å². The quantitative estimate of drug-likeness (QED) is 0.741. The number of aliphatic carboxylic acids is 1. The van der Waals surface area contributed by atoms with Crippen molar-refractivity contribution in [3.8, 4) is 0 Å². The van der Waals surface area contributed by atoms with E-state index in [1.54, 1.807) is 13.0 Å². The summed E-state index contributed by atoms with van der Waals surface area (Å²) in [6.45, 7) is 1.56. The topological polar surface area (TPSA) is 92.2 Å². The molecule has 0 spiro atoms. The van der Waals surface area contributed by atoms with Crippen LogP contribution in [0.15, 0.2) is 17.2 Å². The zero-order valence-corrected chi connectivity index (χ0v) is 9.61. The molecule has 7 heteroatoms. The lowest BCUT2D eigenvalue weighted by Gasteiger charge is -2.04. The highest BCUT2D eigenvalue weighted by atomic mass is 32.2. The molecule has 1 heterocycles. The number of nitrogens with zero attached hydrogens (tertiary/aromatic N) is 2. The number of amides is 1. The zero-order valence-electron chi connectivity index (χ0n) is 8.80. The van der Waals surface area contributed by atoms with Gasteiger partial charge in [-0.1, -0.05) is 11.8 Å². The van der Waals surface area contributed by atoms with E-state index in [9.17, 15) is 9.59 Å². The average molecular weight is 241 g/mol. The molecule has 0 aliphatic carbocycles. The van der Waals surface area contributed by atoms with Crippen molar-refractivity contribution in [2.24, 2.45) is 0 Å². The van der Waals surface area contributed by atoms with Crippen molar-refractivity contribution in [1.82, 2.24) is 15.5 Å². The number of nitrogens with one attached hydrogen (secondary N) is 1. The van der Waals surface area contributed by atoms with E-state index in [1.165, 1.54) is 13.1 Å². The highest BCUT2D eigenvalue weighted by molar-refractivity contribution is 8.00. The summed E-state index contributed by atoms with van der Waals surface area (Å²) in [5, 5.41) is 18.4. The molecule has 1 aromatic heterocycles. The molecule has 0 aliphatic heterocycles. The minimum Gasteiger partial charge on any atom is -0.480 e. The van der Waals surface area contributed by atoms with E-state index in [2.05, 4.69) is 15.5 Å². The maximum atomic E-state index is 11.1. The molecule has 1 amide bonds. The van der Waals surface area contributed by atoms with Gasteiger partial charge in [-0.2, -0.15) is 0 Å². The Hall–Kier alpha value is -1.63. The third kappa shape index (κ3) is 3.20. The standard InChI is InChI=1S/C9H11N3O3S/c1-5(9(14)15)16-7-4-3-6(11-12-7)8(13)10-2/h3-5H,1-2H3,(H,10,13)(H,14,15). The molecule has 2 N–H and O–H groups in total. The van der Waals surface area contributed by atoms with E-state index in [0.29, 0.717) is 5.03 Å². The SMILES string of the molecule is CNC(=O)c1ccc(SC(C)C(=O)O)nn1. The molecule has 1 aromatic rings. The van der Waals surface area contributed by atoms with Gasteiger partial charge >= 0.3 is 5.97 Å². The number of aromatic nitrogens is 2. The molecule has 0 saturated carbocycles. The molecular weight excluding hydrogens is 230 g/mol. The third-order valence-electron chi connectivity index (χ3n) is 1.75. The van der Waals surface area contributed by atoms with Crippen LogP contribution in [0.25, 0.3) is 0 Å². The molecule has 0 fully saturated rings. The predicted octanol–water partition coefficient (Wildman–Crippen LogP) is 0.401. The third-order valence-corrected chi connectivity index (χ3v) is 2.76. The molecule has 86 valence electrons. The number of carbonyl (C=O) groups is 2. The maximum Gasteiger partial charge on any atom is 0.316 e. The van der Waals surface area contributed by atoms with Crippen molar-refractivity contribution < 1.29 is 14.7 Å². The first kappa shape index (κ1) is 12.4. The predicted molar refractivity (Wildman–Crippen MR) is 58.4 cm³/mol. The Labute approximate surface area is 96.5 Å². The maximum absolute atomic E-state index is 11.1. The number of rotatable bonds is 4. The first-order valence-corrected chi connectivity index (χ1v) is 5.38. The summed E-state index contributed by atoms with van der Waals surface area (Å²) in [5.74, 6) is -1.24. The van der Waals surface area contributed by atoms with Gasteiger partial charge in [0.2, 0.25) is 0 Å². The van der Waals surface area contributed by atoms with Crippen molar-refractivity contribution in [3.05, 3.63) is 17.8 Å². The molecule has 0 saturated heterocycles.